The number of benzene rings is 2. The Hall–Kier alpha value is -4.06. The number of anilines is 2. The third kappa shape index (κ3) is 5.93. The van der Waals surface area contributed by atoms with E-state index >= 15 is 0 Å². The van der Waals surface area contributed by atoms with E-state index in [1.807, 2.05) is 29.4 Å². The zero-order valence-corrected chi connectivity index (χ0v) is 24.2. The molecule has 0 bridgehead atoms. The number of pyridine rings is 1. The predicted octanol–water partition coefficient (Wildman–Crippen LogP) is 5.77. The van der Waals surface area contributed by atoms with Gasteiger partial charge in [-0.15, -0.1) is 0 Å². The fourth-order valence-electron chi connectivity index (χ4n) is 6.38. The zero-order valence-electron chi connectivity index (χ0n) is 23.4. The van der Waals surface area contributed by atoms with Crippen molar-refractivity contribution in [2.75, 3.05) is 35.8 Å². The van der Waals surface area contributed by atoms with E-state index in [1.165, 1.54) is 17.8 Å². The van der Waals surface area contributed by atoms with Crippen molar-refractivity contribution in [2.45, 2.75) is 43.3 Å². The van der Waals surface area contributed by atoms with E-state index in [-0.39, 0.29) is 23.6 Å². The molecule has 1 amide bonds. The molecule has 43 heavy (non-hydrogen) atoms. The minimum Gasteiger partial charge on any atom is -0.371 e. The van der Waals surface area contributed by atoms with Crippen LogP contribution < -0.4 is 9.62 Å². The number of aromatic nitrogens is 2. The molecule has 2 aromatic heterocycles. The number of rotatable bonds is 6. The average Bonchev–Trinajstić information content (AvgIpc) is 3.41. The summed E-state index contributed by atoms with van der Waals surface area (Å²) in [6.45, 7) is 3.24. The molecule has 2 saturated heterocycles. The zero-order chi connectivity index (χ0) is 30.2. The van der Waals surface area contributed by atoms with Gasteiger partial charge in [0.25, 0.3) is 10.0 Å². The van der Waals surface area contributed by atoms with Gasteiger partial charge in [0.05, 0.1) is 21.7 Å². The van der Waals surface area contributed by atoms with Gasteiger partial charge in [-0.1, -0.05) is 24.3 Å². The minimum absolute atomic E-state index is 0.00972. The Balaban J connectivity index is 1.14. The number of amides is 1. The van der Waals surface area contributed by atoms with Crippen LogP contribution in [0.25, 0.3) is 10.9 Å². The lowest BCUT2D eigenvalue weighted by molar-refractivity contribution is -0.140. The highest BCUT2D eigenvalue weighted by atomic mass is 32.2. The van der Waals surface area contributed by atoms with E-state index in [2.05, 4.69) is 14.6 Å². The number of alkyl halides is 3. The number of nitrogens with one attached hydrogen (secondary N) is 1. The van der Waals surface area contributed by atoms with Gasteiger partial charge in [0, 0.05) is 55.8 Å². The third-order valence-corrected chi connectivity index (χ3v) is 10.3. The molecule has 12 heteroatoms. The summed E-state index contributed by atoms with van der Waals surface area (Å²) in [5, 5.41) is 0.663. The van der Waals surface area contributed by atoms with Crippen LogP contribution in [0.1, 0.15) is 31.2 Å². The van der Waals surface area contributed by atoms with Gasteiger partial charge in [0.15, 0.2) is 0 Å². The number of fused-ring (bicyclic) bond motifs is 1. The molecule has 0 unspecified atom stereocenters. The Morgan fingerprint density at radius 3 is 2.26 bits per heavy atom. The second-order valence-electron chi connectivity index (χ2n) is 11.4. The van der Waals surface area contributed by atoms with Crippen molar-refractivity contribution in [1.29, 1.82) is 0 Å². The van der Waals surface area contributed by atoms with Gasteiger partial charge in [-0.25, -0.2) is 8.42 Å². The molecule has 2 aliphatic heterocycles. The van der Waals surface area contributed by atoms with Crippen LogP contribution in [-0.4, -0.2) is 55.0 Å². The fraction of sp³-hybridized carbons (Fsp3) is 0.355. The van der Waals surface area contributed by atoms with Crippen LogP contribution in [0, 0.1) is 5.41 Å². The number of piperidine rings is 2. The van der Waals surface area contributed by atoms with Gasteiger partial charge in [0.1, 0.15) is 6.54 Å². The van der Waals surface area contributed by atoms with Gasteiger partial charge in [0.2, 0.25) is 5.91 Å². The maximum Gasteiger partial charge on any atom is 0.417 e. The average molecular weight is 612 g/mol. The van der Waals surface area contributed by atoms with Gasteiger partial charge >= 0.3 is 6.18 Å². The van der Waals surface area contributed by atoms with Gasteiger partial charge in [-0.2, -0.15) is 13.2 Å². The summed E-state index contributed by atoms with van der Waals surface area (Å²) in [5.74, 6) is -0.0818. The molecule has 2 aromatic carbocycles. The first-order chi connectivity index (χ1) is 20.5. The molecule has 1 spiro atoms. The number of carbonyl (C=O) groups excluding carboxylic acids is 1. The van der Waals surface area contributed by atoms with E-state index in [0.717, 1.165) is 57.0 Å². The quantitative estimate of drug-likeness (QED) is 0.300. The molecule has 0 atom stereocenters. The molecule has 8 nitrogen and oxygen atoms in total. The van der Waals surface area contributed by atoms with Crippen molar-refractivity contribution in [3.05, 3.63) is 84.8 Å². The molecule has 4 heterocycles. The van der Waals surface area contributed by atoms with E-state index in [1.54, 1.807) is 29.0 Å². The molecule has 1 N–H and O–H groups in total. The molecule has 226 valence electrons. The Labute approximate surface area is 248 Å². The summed E-state index contributed by atoms with van der Waals surface area (Å²) in [6.07, 6.45) is 4.47. The maximum absolute atomic E-state index is 13.6. The number of halogens is 3. The SMILES string of the molecule is O=C(Cn1ccc2cccc(NS(=O)(=O)c3ccccc3C(F)(F)F)c21)N1CCC2(CC1)CCN(c1ccncc1)CC2. The Morgan fingerprint density at radius 1 is 0.884 bits per heavy atom. The molecule has 6 rings (SSSR count). The minimum atomic E-state index is -4.84. The third-order valence-electron chi connectivity index (χ3n) is 8.85. The lowest BCUT2D eigenvalue weighted by atomic mass is 9.71. The fourth-order valence-corrected chi connectivity index (χ4v) is 7.68. The van der Waals surface area contributed by atoms with Crippen LogP contribution >= 0.6 is 0 Å². The number of carbonyl (C=O) groups is 1. The van der Waals surface area contributed by atoms with Crippen molar-refractivity contribution in [1.82, 2.24) is 14.5 Å². The summed E-state index contributed by atoms with van der Waals surface area (Å²) in [4.78, 5) is 20.9. The van der Waals surface area contributed by atoms with Crippen LogP contribution in [-0.2, 0) is 27.5 Å². The summed E-state index contributed by atoms with van der Waals surface area (Å²) >= 11 is 0. The Kier molecular flexibility index (Phi) is 7.57. The van der Waals surface area contributed by atoms with Crippen molar-refractivity contribution in [2.24, 2.45) is 5.41 Å². The van der Waals surface area contributed by atoms with Crippen molar-refractivity contribution in [3.8, 4) is 0 Å². The molecule has 2 fully saturated rings. The van der Waals surface area contributed by atoms with Crippen molar-refractivity contribution >= 4 is 38.2 Å². The lowest BCUT2D eigenvalue weighted by Crippen LogP contribution is -2.48. The smallest absolute Gasteiger partial charge is 0.371 e. The number of hydrogen-bond acceptors (Lipinski definition) is 5. The number of likely N-dealkylation sites (tertiary alicyclic amines) is 1. The van der Waals surface area contributed by atoms with Crippen LogP contribution in [0.5, 0.6) is 0 Å². The first-order valence-electron chi connectivity index (χ1n) is 14.2. The maximum atomic E-state index is 13.6. The number of sulfonamides is 1. The van der Waals surface area contributed by atoms with Gasteiger partial charge < -0.3 is 14.4 Å². The molecule has 0 aliphatic carbocycles. The molecular weight excluding hydrogens is 579 g/mol. The number of hydrogen-bond donors (Lipinski definition) is 1. The van der Waals surface area contributed by atoms with Crippen LogP contribution in [0.3, 0.4) is 0 Å². The van der Waals surface area contributed by atoms with E-state index in [0.29, 0.717) is 24.0 Å². The Morgan fingerprint density at radius 2 is 1.56 bits per heavy atom. The van der Waals surface area contributed by atoms with Crippen molar-refractivity contribution < 1.29 is 26.4 Å². The first kappa shape index (κ1) is 29.0. The number of nitrogens with zero attached hydrogens (tertiary/aromatic N) is 4. The lowest BCUT2D eigenvalue weighted by Gasteiger charge is -2.47. The monoisotopic (exact) mass is 611 g/mol. The summed E-state index contributed by atoms with van der Waals surface area (Å²) in [6, 6.07) is 14.7. The summed E-state index contributed by atoms with van der Waals surface area (Å²) < 4.78 is 71.0. The summed E-state index contributed by atoms with van der Waals surface area (Å²) in [5.41, 5.74) is 0.694. The van der Waals surface area contributed by atoms with Crippen LogP contribution in [0.4, 0.5) is 24.5 Å². The largest absolute Gasteiger partial charge is 0.417 e. The summed E-state index contributed by atoms with van der Waals surface area (Å²) in [7, 11) is -4.59. The van der Waals surface area contributed by atoms with Gasteiger partial charge in [-0.3, -0.25) is 14.5 Å². The molecule has 4 aromatic rings. The second kappa shape index (κ2) is 11.2. The highest BCUT2D eigenvalue weighted by Gasteiger charge is 2.39. The van der Waals surface area contributed by atoms with E-state index < -0.39 is 26.7 Å². The topological polar surface area (TPSA) is 87.5 Å². The molecule has 0 saturated carbocycles. The molecule has 2 aliphatic rings. The van der Waals surface area contributed by atoms with Crippen LogP contribution in [0.15, 0.2) is 84.1 Å². The second-order valence-corrected chi connectivity index (χ2v) is 13.0. The highest BCUT2D eigenvalue weighted by Crippen LogP contribution is 2.42. The first-order valence-corrected chi connectivity index (χ1v) is 15.7. The van der Waals surface area contributed by atoms with Crippen LogP contribution in [0.2, 0.25) is 0 Å². The Bertz CT molecular complexity index is 1720. The van der Waals surface area contributed by atoms with E-state index in [9.17, 15) is 26.4 Å². The van der Waals surface area contributed by atoms with Gasteiger partial charge in [-0.05, 0) is 67.5 Å². The normalized spacial score (nSPS) is 17.4. The molecule has 0 radical (unpaired) electrons. The standard InChI is InChI=1S/C31H32F3N5O3S/c32-31(33,34)25-5-1-2-7-27(25)43(41,42)36-26-6-3-4-23-10-17-39(29(23)26)22-28(40)38-20-13-30(14-21-38)11-18-37(19-12-30)24-8-15-35-16-9-24/h1-10,15-17,36H,11-14,18-22H2. The predicted molar refractivity (Wildman–Crippen MR) is 158 cm³/mol. The van der Waals surface area contributed by atoms with E-state index in [4.69, 9.17) is 0 Å². The molecular formula is C31H32F3N5O3S. The number of para-hydroxylation sites is 1. The van der Waals surface area contributed by atoms with Crippen molar-refractivity contribution in [3.63, 3.8) is 0 Å². The highest BCUT2D eigenvalue weighted by molar-refractivity contribution is 7.92.